The Kier molecular flexibility index (Phi) is 6.31. The maximum Gasteiger partial charge on any atom is 0.270 e. The molecule has 0 radical (unpaired) electrons. The number of unbranched alkanes of at least 4 members (excludes halogenated alkanes) is 3. The Labute approximate surface area is 86.1 Å². The summed E-state index contributed by atoms with van der Waals surface area (Å²) >= 11 is 0. The highest BCUT2D eigenvalue weighted by atomic mass is 32.2. The molecule has 2 unspecified atom stereocenters. The molecule has 0 heterocycles. The predicted octanol–water partition coefficient (Wildman–Crippen LogP) is 1.59. The van der Waals surface area contributed by atoms with Gasteiger partial charge in [0, 0.05) is 0 Å². The Morgan fingerprint density at radius 3 is 2.14 bits per heavy atom. The van der Waals surface area contributed by atoms with Crippen molar-refractivity contribution in [3.63, 3.8) is 0 Å². The molecular weight excluding hydrogens is 204 g/mol. The van der Waals surface area contributed by atoms with Gasteiger partial charge >= 0.3 is 0 Å². The second kappa shape index (κ2) is 6.37. The van der Waals surface area contributed by atoms with Crippen molar-refractivity contribution < 1.29 is 18.1 Å². The van der Waals surface area contributed by atoms with E-state index in [4.69, 9.17) is 9.66 Å². The lowest BCUT2D eigenvalue weighted by molar-refractivity contribution is 0.178. The minimum absolute atomic E-state index is 0.330. The maximum absolute atomic E-state index is 10.8. The molecule has 0 aliphatic carbocycles. The molecule has 0 saturated heterocycles. The van der Waals surface area contributed by atoms with Gasteiger partial charge in [0.05, 0.1) is 6.10 Å². The normalized spacial score (nSPS) is 16.6. The fourth-order valence-electron chi connectivity index (χ4n) is 1.41. The van der Waals surface area contributed by atoms with Crippen LogP contribution in [0.4, 0.5) is 0 Å². The molecule has 0 aromatic heterocycles. The Morgan fingerprint density at radius 1 is 1.21 bits per heavy atom. The molecule has 86 valence electrons. The maximum atomic E-state index is 10.8. The third-order valence-electron chi connectivity index (χ3n) is 2.26. The molecule has 4 nitrogen and oxygen atoms in total. The van der Waals surface area contributed by atoms with Crippen LogP contribution in [0, 0.1) is 0 Å². The quantitative estimate of drug-likeness (QED) is 0.508. The van der Waals surface area contributed by atoms with E-state index in [1.165, 1.54) is 6.92 Å². The first-order valence-electron chi connectivity index (χ1n) is 5.04. The number of rotatable bonds is 7. The fraction of sp³-hybridized carbons (Fsp3) is 1.00. The van der Waals surface area contributed by atoms with Gasteiger partial charge in [-0.05, 0) is 13.3 Å². The van der Waals surface area contributed by atoms with Gasteiger partial charge < -0.3 is 5.11 Å². The topological polar surface area (TPSA) is 74.6 Å². The molecule has 0 bridgehead atoms. The first-order chi connectivity index (χ1) is 6.39. The van der Waals surface area contributed by atoms with Gasteiger partial charge in [-0.1, -0.05) is 32.6 Å². The summed E-state index contributed by atoms with van der Waals surface area (Å²) in [5, 5.41) is 8.14. The van der Waals surface area contributed by atoms with E-state index < -0.39 is 21.5 Å². The van der Waals surface area contributed by atoms with E-state index in [0.29, 0.717) is 6.42 Å². The van der Waals surface area contributed by atoms with Crippen molar-refractivity contribution in [2.45, 2.75) is 57.3 Å². The van der Waals surface area contributed by atoms with E-state index >= 15 is 0 Å². The van der Waals surface area contributed by atoms with Gasteiger partial charge in [-0.15, -0.1) is 0 Å². The fourth-order valence-corrected chi connectivity index (χ4v) is 2.37. The van der Waals surface area contributed by atoms with Gasteiger partial charge in [0.2, 0.25) is 0 Å². The highest BCUT2D eigenvalue weighted by Crippen LogP contribution is 2.14. The third kappa shape index (κ3) is 5.57. The number of aliphatic hydroxyl groups is 1. The summed E-state index contributed by atoms with van der Waals surface area (Å²) in [6.45, 7) is 3.45. The Bertz CT molecular complexity index is 233. The Hall–Kier alpha value is -0.130. The van der Waals surface area contributed by atoms with Gasteiger partial charge in [-0.25, -0.2) is 0 Å². The molecule has 0 rings (SSSR count). The molecule has 2 atom stereocenters. The van der Waals surface area contributed by atoms with Crippen molar-refractivity contribution in [1.29, 1.82) is 0 Å². The van der Waals surface area contributed by atoms with Crippen molar-refractivity contribution in [1.82, 2.24) is 0 Å². The van der Waals surface area contributed by atoms with Crippen molar-refractivity contribution in [2.24, 2.45) is 0 Å². The summed E-state index contributed by atoms with van der Waals surface area (Å²) in [6, 6.07) is 0. The number of hydrogen-bond acceptors (Lipinski definition) is 3. The van der Waals surface area contributed by atoms with Crippen LogP contribution in [0.3, 0.4) is 0 Å². The van der Waals surface area contributed by atoms with Crippen LogP contribution in [0.25, 0.3) is 0 Å². The molecule has 0 fully saturated rings. The zero-order valence-corrected chi connectivity index (χ0v) is 9.63. The predicted molar refractivity (Wildman–Crippen MR) is 55.8 cm³/mol. The molecule has 0 aliphatic heterocycles. The summed E-state index contributed by atoms with van der Waals surface area (Å²) in [5.41, 5.74) is 0. The van der Waals surface area contributed by atoms with E-state index in [9.17, 15) is 8.42 Å². The van der Waals surface area contributed by atoms with Crippen LogP contribution in [0.15, 0.2) is 0 Å². The highest BCUT2D eigenvalue weighted by molar-refractivity contribution is 7.86. The van der Waals surface area contributed by atoms with Crippen molar-refractivity contribution >= 4 is 10.1 Å². The molecular formula is C9H20O4S. The average molecular weight is 224 g/mol. The Balaban J connectivity index is 4.01. The second-order valence-electron chi connectivity index (χ2n) is 3.64. The van der Waals surface area contributed by atoms with Gasteiger partial charge in [-0.3, -0.25) is 4.55 Å². The standard InChI is InChI=1S/C9H20O4S/c1-3-4-5-6-7-9(8(2)10)14(11,12)13/h8-10H,3-7H2,1-2H3,(H,11,12,13). The largest absolute Gasteiger partial charge is 0.392 e. The monoisotopic (exact) mass is 224 g/mol. The van der Waals surface area contributed by atoms with Crippen molar-refractivity contribution in [2.75, 3.05) is 0 Å². The first kappa shape index (κ1) is 13.9. The third-order valence-corrected chi connectivity index (χ3v) is 3.66. The lowest BCUT2D eigenvalue weighted by atomic mass is 10.1. The van der Waals surface area contributed by atoms with Crippen LogP contribution in [-0.4, -0.2) is 29.4 Å². The van der Waals surface area contributed by atoms with Crippen LogP contribution >= 0.6 is 0 Å². The van der Waals surface area contributed by atoms with Crippen LogP contribution in [-0.2, 0) is 10.1 Å². The highest BCUT2D eigenvalue weighted by Gasteiger charge is 2.27. The molecule has 0 saturated carbocycles. The van der Waals surface area contributed by atoms with E-state index in [1.54, 1.807) is 0 Å². The summed E-state index contributed by atoms with van der Waals surface area (Å²) in [4.78, 5) is 0. The van der Waals surface area contributed by atoms with Gasteiger partial charge in [0.25, 0.3) is 10.1 Å². The number of aliphatic hydroxyl groups excluding tert-OH is 1. The summed E-state index contributed by atoms with van der Waals surface area (Å²) < 4.78 is 30.5. The Morgan fingerprint density at radius 2 is 1.79 bits per heavy atom. The van der Waals surface area contributed by atoms with E-state index in [0.717, 1.165) is 25.7 Å². The van der Waals surface area contributed by atoms with Gasteiger partial charge in [0.1, 0.15) is 5.25 Å². The molecule has 0 aliphatic rings. The van der Waals surface area contributed by atoms with Crippen molar-refractivity contribution in [3.8, 4) is 0 Å². The molecule has 14 heavy (non-hydrogen) atoms. The van der Waals surface area contributed by atoms with Gasteiger partial charge in [-0.2, -0.15) is 8.42 Å². The minimum atomic E-state index is -4.10. The van der Waals surface area contributed by atoms with Gasteiger partial charge in [0.15, 0.2) is 0 Å². The van der Waals surface area contributed by atoms with E-state index in [2.05, 4.69) is 6.92 Å². The summed E-state index contributed by atoms with van der Waals surface area (Å²) in [7, 11) is -4.10. The molecule has 0 aromatic carbocycles. The molecule has 0 spiro atoms. The zero-order valence-electron chi connectivity index (χ0n) is 8.81. The molecule has 0 amide bonds. The van der Waals surface area contributed by atoms with E-state index in [-0.39, 0.29) is 0 Å². The lowest BCUT2D eigenvalue weighted by Gasteiger charge is -2.16. The average Bonchev–Trinajstić information content (AvgIpc) is 2.01. The smallest absolute Gasteiger partial charge is 0.270 e. The van der Waals surface area contributed by atoms with Crippen LogP contribution in [0.1, 0.15) is 46.0 Å². The molecule has 2 N–H and O–H groups in total. The minimum Gasteiger partial charge on any atom is -0.392 e. The van der Waals surface area contributed by atoms with E-state index in [1.807, 2.05) is 0 Å². The van der Waals surface area contributed by atoms with Crippen LogP contribution in [0.5, 0.6) is 0 Å². The van der Waals surface area contributed by atoms with Crippen LogP contribution < -0.4 is 0 Å². The zero-order chi connectivity index (χ0) is 11.2. The second-order valence-corrected chi connectivity index (χ2v) is 5.28. The lowest BCUT2D eigenvalue weighted by Crippen LogP contribution is -2.31. The van der Waals surface area contributed by atoms with Crippen LogP contribution in [0.2, 0.25) is 0 Å². The molecule has 5 heteroatoms. The first-order valence-corrected chi connectivity index (χ1v) is 6.54. The SMILES string of the molecule is CCCCCCC(C(C)O)S(=O)(=O)O. The van der Waals surface area contributed by atoms with Crippen molar-refractivity contribution in [3.05, 3.63) is 0 Å². The summed E-state index contributed by atoms with van der Waals surface area (Å²) in [6.07, 6.45) is 3.12. The summed E-state index contributed by atoms with van der Waals surface area (Å²) in [5.74, 6) is 0. The number of hydrogen-bond donors (Lipinski definition) is 2. The molecule has 0 aromatic rings.